The van der Waals surface area contributed by atoms with Crippen molar-refractivity contribution in [3.05, 3.63) is 16.8 Å². The minimum absolute atomic E-state index is 0.388. The molecule has 0 amide bonds. The normalized spacial score (nSPS) is 17.3. The molecule has 22 heavy (non-hydrogen) atoms. The van der Waals surface area contributed by atoms with Crippen molar-refractivity contribution in [2.24, 2.45) is 5.92 Å². The van der Waals surface area contributed by atoms with Gasteiger partial charge in [0.2, 0.25) is 0 Å². The van der Waals surface area contributed by atoms with Gasteiger partial charge >= 0.3 is 0 Å². The van der Waals surface area contributed by atoms with Gasteiger partial charge in [-0.3, -0.25) is 4.90 Å². The average Bonchev–Trinajstić information content (AvgIpc) is 2.52. The molecule has 1 atom stereocenters. The summed E-state index contributed by atoms with van der Waals surface area (Å²) in [6.45, 7) is 12.5. The lowest BCUT2D eigenvalue weighted by Crippen LogP contribution is -2.49. The van der Waals surface area contributed by atoms with Crippen LogP contribution in [-0.4, -0.2) is 54.0 Å². The van der Waals surface area contributed by atoms with Crippen molar-refractivity contribution in [3.8, 4) is 6.07 Å². The number of hydrogen-bond donors (Lipinski definition) is 1. The van der Waals surface area contributed by atoms with Crippen molar-refractivity contribution in [1.29, 1.82) is 5.26 Å². The van der Waals surface area contributed by atoms with E-state index in [0.29, 0.717) is 23.3 Å². The fraction of sp³-hybridized carbons (Fsp3) is 0.688. The summed E-state index contributed by atoms with van der Waals surface area (Å²) in [6, 6.07) is 2.63. The van der Waals surface area contributed by atoms with Crippen LogP contribution < -0.4 is 5.32 Å². The number of morpholine rings is 1. The minimum atomic E-state index is 0.388. The van der Waals surface area contributed by atoms with Crippen molar-refractivity contribution < 1.29 is 4.74 Å². The van der Waals surface area contributed by atoms with Crippen LogP contribution in [0.2, 0.25) is 0 Å². The van der Waals surface area contributed by atoms with Crippen molar-refractivity contribution in [2.75, 3.05) is 38.2 Å². The van der Waals surface area contributed by atoms with E-state index in [1.807, 2.05) is 13.8 Å². The molecule has 6 heteroatoms. The lowest BCUT2D eigenvalue weighted by molar-refractivity contribution is 0.00953. The van der Waals surface area contributed by atoms with E-state index in [1.165, 1.54) is 0 Å². The molecule has 0 aromatic carbocycles. The Morgan fingerprint density at radius 1 is 1.27 bits per heavy atom. The summed E-state index contributed by atoms with van der Waals surface area (Å²) in [5.41, 5.74) is 2.29. The van der Waals surface area contributed by atoms with Gasteiger partial charge < -0.3 is 10.1 Å². The molecule has 2 rings (SSSR count). The van der Waals surface area contributed by atoms with Crippen molar-refractivity contribution in [2.45, 2.75) is 33.7 Å². The Balaban J connectivity index is 2.10. The highest BCUT2D eigenvalue weighted by molar-refractivity contribution is 5.55. The lowest BCUT2D eigenvalue weighted by atomic mass is 10.0. The summed E-state index contributed by atoms with van der Waals surface area (Å²) in [4.78, 5) is 2.45. The monoisotopic (exact) mass is 303 g/mol. The number of nitrogens with one attached hydrogen (secondary N) is 1. The number of hydrogen-bond acceptors (Lipinski definition) is 6. The predicted molar refractivity (Wildman–Crippen MR) is 85.7 cm³/mol. The summed E-state index contributed by atoms with van der Waals surface area (Å²) in [6.07, 6.45) is 0. The number of nitrogens with zero attached hydrogens (tertiary/aromatic N) is 4. The Hall–Kier alpha value is -1.71. The SMILES string of the molecule is Cc1nnc(NCC(C(C)C)N2CCOCC2)c(C#N)c1C. The molecule has 0 aliphatic carbocycles. The number of ether oxygens (including phenoxy) is 1. The second-order valence-electron chi connectivity index (χ2n) is 6.09. The standard InChI is InChI=1S/C16H25N5O/c1-11(2)15(21-5-7-22-8-6-21)10-18-16-14(9-17)12(3)13(4)19-20-16/h11,15H,5-8,10H2,1-4H3,(H,18,20). The molecule has 1 saturated heterocycles. The molecule has 1 unspecified atom stereocenters. The Labute approximate surface area is 132 Å². The van der Waals surface area contributed by atoms with Gasteiger partial charge in [-0.25, -0.2) is 0 Å². The first-order valence-corrected chi connectivity index (χ1v) is 7.84. The zero-order valence-corrected chi connectivity index (χ0v) is 13.9. The zero-order valence-electron chi connectivity index (χ0n) is 13.9. The Morgan fingerprint density at radius 3 is 2.55 bits per heavy atom. The van der Waals surface area contributed by atoms with Crippen LogP contribution in [0.3, 0.4) is 0 Å². The fourth-order valence-electron chi connectivity index (χ4n) is 2.77. The van der Waals surface area contributed by atoms with E-state index in [-0.39, 0.29) is 0 Å². The summed E-state index contributed by atoms with van der Waals surface area (Å²) in [7, 11) is 0. The second kappa shape index (κ2) is 7.52. The third-order valence-electron chi connectivity index (χ3n) is 4.33. The maximum atomic E-state index is 9.36. The van der Waals surface area contributed by atoms with Gasteiger partial charge in [-0.05, 0) is 25.3 Å². The van der Waals surface area contributed by atoms with Crippen molar-refractivity contribution in [3.63, 3.8) is 0 Å². The summed E-state index contributed by atoms with van der Waals surface area (Å²) >= 11 is 0. The first-order valence-electron chi connectivity index (χ1n) is 7.84. The van der Waals surface area contributed by atoms with Crippen LogP contribution in [0.25, 0.3) is 0 Å². The van der Waals surface area contributed by atoms with Gasteiger partial charge in [0.1, 0.15) is 11.6 Å². The molecule has 0 spiro atoms. The summed E-state index contributed by atoms with van der Waals surface area (Å²) in [5.74, 6) is 1.10. The van der Waals surface area contributed by atoms with Gasteiger partial charge in [0.25, 0.3) is 0 Å². The van der Waals surface area contributed by atoms with Gasteiger partial charge in [0.15, 0.2) is 5.82 Å². The number of anilines is 1. The quantitative estimate of drug-likeness (QED) is 0.893. The molecular formula is C16H25N5O. The van der Waals surface area contributed by atoms with Gasteiger partial charge in [0, 0.05) is 25.7 Å². The number of rotatable bonds is 5. The van der Waals surface area contributed by atoms with Gasteiger partial charge in [0.05, 0.1) is 18.9 Å². The number of nitriles is 1. The Morgan fingerprint density at radius 2 is 1.95 bits per heavy atom. The zero-order chi connectivity index (χ0) is 16.1. The summed E-state index contributed by atoms with van der Waals surface area (Å²) in [5, 5.41) is 21.0. The van der Waals surface area contributed by atoms with E-state index in [1.54, 1.807) is 0 Å². The van der Waals surface area contributed by atoms with Crippen molar-refractivity contribution in [1.82, 2.24) is 15.1 Å². The van der Waals surface area contributed by atoms with E-state index in [0.717, 1.165) is 44.1 Å². The van der Waals surface area contributed by atoms with Crippen LogP contribution in [0, 0.1) is 31.1 Å². The van der Waals surface area contributed by atoms with Crippen LogP contribution in [0.4, 0.5) is 5.82 Å². The first-order chi connectivity index (χ1) is 10.5. The third-order valence-corrected chi connectivity index (χ3v) is 4.33. The molecule has 0 bridgehead atoms. The fourth-order valence-corrected chi connectivity index (χ4v) is 2.77. The molecule has 1 aromatic rings. The number of aryl methyl sites for hydroxylation is 1. The van der Waals surface area contributed by atoms with Crippen LogP contribution in [0.1, 0.15) is 30.7 Å². The topological polar surface area (TPSA) is 74.1 Å². The smallest absolute Gasteiger partial charge is 0.166 e. The first kappa shape index (κ1) is 16.7. The molecular weight excluding hydrogens is 278 g/mol. The van der Waals surface area contributed by atoms with Crippen LogP contribution in [0.15, 0.2) is 0 Å². The number of aromatic nitrogens is 2. The predicted octanol–water partition coefficient (Wildman–Crippen LogP) is 1.73. The molecule has 0 saturated carbocycles. The van der Waals surface area contributed by atoms with Crippen LogP contribution >= 0.6 is 0 Å². The maximum Gasteiger partial charge on any atom is 0.166 e. The van der Waals surface area contributed by atoms with Crippen LogP contribution in [-0.2, 0) is 4.74 Å². The molecule has 1 N–H and O–H groups in total. The Bertz CT molecular complexity index is 546. The molecule has 1 aliphatic rings. The van der Waals surface area contributed by atoms with E-state index < -0.39 is 0 Å². The highest BCUT2D eigenvalue weighted by Gasteiger charge is 2.24. The maximum absolute atomic E-state index is 9.36. The summed E-state index contributed by atoms with van der Waals surface area (Å²) < 4.78 is 5.43. The molecule has 1 aromatic heterocycles. The van der Waals surface area contributed by atoms with Gasteiger partial charge in [-0.2, -0.15) is 10.4 Å². The van der Waals surface area contributed by atoms with Gasteiger partial charge in [-0.15, -0.1) is 5.10 Å². The van der Waals surface area contributed by atoms with E-state index in [4.69, 9.17) is 4.74 Å². The third kappa shape index (κ3) is 3.73. The second-order valence-corrected chi connectivity index (χ2v) is 6.09. The molecule has 120 valence electrons. The van der Waals surface area contributed by atoms with E-state index >= 15 is 0 Å². The average molecular weight is 303 g/mol. The highest BCUT2D eigenvalue weighted by Crippen LogP contribution is 2.19. The highest BCUT2D eigenvalue weighted by atomic mass is 16.5. The Kier molecular flexibility index (Phi) is 5.69. The lowest BCUT2D eigenvalue weighted by Gasteiger charge is -2.37. The minimum Gasteiger partial charge on any atom is -0.379 e. The molecule has 1 fully saturated rings. The molecule has 0 radical (unpaired) electrons. The van der Waals surface area contributed by atoms with Crippen LogP contribution in [0.5, 0.6) is 0 Å². The van der Waals surface area contributed by atoms with Crippen molar-refractivity contribution >= 4 is 5.82 Å². The van der Waals surface area contributed by atoms with E-state index in [9.17, 15) is 5.26 Å². The molecule has 1 aliphatic heterocycles. The largest absolute Gasteiger partial charge is 0.379 e. The van der Waals surface area contributed by atoms with E-state index in [2.05, 4.69) is 40.3 Å². The van der Waals surface area contributed by atoms with Gasteiger partial charge in [-0.1, -0.05) is 13.8 Å². The molecule has 6 nitrogen and oxygen atoms in total. The molecule has 2 heterocycles.